The van der Waals surface area contributed by atoms with Gasteiger partial charge in [0.2, 0.25) is 10.0 Å². The summed E-state index contributed by atoms with van der Waals surface area (Å²) in [5, 5.41) is 1.90. The third-order valence-corrected chi connectivity index (χ3v) is 5.22. The lowest BCUT2D eigenvalue weighted by Gasteiger charge is -2.15. The molecule has 0 radical (unpaired) electrons. The van der Waals surface area contributed by atoms with E-state index in [-0.39, 0.29) is 6.04 Å². The van der Waals surface area contributed by atoms with Crippen LogP contribution in [0.1, 0.15) is 31.2 Å². The second-order valence-electron chi connectivity index (χ2n) is 5.72. The van der Waals surface area contributed by atoms with Crippen LogP contribution < -0.4 is 4.72 Å². The Morgan fingerprint density at radius 3 is 2.15 bits per heavy atom. The van der Waals surface area contributed by atoms with Crippen molar-refractivity contribution in [1.82, 2.24) is 4.72 Å². The molecule has 0 saturated heterocycles. The fourth-order valence-corrected chi connectivity index (χ4v) is 3.76. The van der Waals surface area contributed by atoms with E-state index in [9.17, 15) is 8.42 Å². The first-order valence-corrected chi connectivity index (χ1v) is 8.92. The molecule has 0 unspecified atom stereocenters. The Labute approximate surface area is 125 Å². The highest BCUT2D eigenvalue weighted by molar-refractivity contribution is 7.92. The Morgan fingerprint density at radius 1 is 1.10 bits per heavy atom. The number of hydrogen-bond donors (Lipinski definition) is 1. The standard InChI is InChI=1S/C15H18ClNO2S/c16-14-7-1-11(2-8-14)9-10-20(18,19)17-15(12-3-4-12)13-5-6-13/h1-2,7-10,12-13,15,17H,3-6H2/b10-9+. The highest BCUT2D eigenvalue weighted by Gasteiger charge is 2.42. The molecule has 2 aliphatic carbocycles. The molecule has 0 heterocycles. The summed E-state index contributed by atoms with van der Waals surface area (Å²) in [4.78, 5) is 0. The van der Waals surface area contributed by atoms with E-state index in [2.05, 4.69) is 4.72 Å². The van der Waals surface area contributed by atoms with Crippen LogP contribution in [0.25, 0.3) is 6.08 Å². The van der Waals surface area contributed by atoms with Crippen molar-refractivity contribution in [2.45, 2.75) is 31.7 Å². The molecule has 1 N–H and O–H groups in total. The highest BCUT2D eigenvalue weighted by atomic mass is 35.5. The number of benzene rings is 1. The maximum Gasteiger partial charge on any atom is 0.233 e. The van der Waals surface area contributed by atoms with Crippen LogP contribution in [0.3, 0.4) is 0 Å². The minimum atomic E-state index is -3.36. The van der Waals surface area contributed by atoms with E-state index in [0.29, 0.717) is 16.9 Å². The predicted octanol–water partition coefficient (Wildman–Crippen LogP) is 3.42. The maximum atomic E-state index is 12.1. The monoisotopic (exact) mass is 311 g/mol. The van der Waals surface area contributed by atoms with Gasteiger partial charge in [0.25, 0.3) is 0 Å². The zero-order valence-corrected chi connectivity index (χ0v) is 12.7. The van der Waals surface area contributed by atoms with Gasteiger partial charge in [-0.15, -0.1) is 0 Å². The molecule has 2 saturated carbocycles. The molecule has 20 heavy (non-hydrogen) atoms. The molecule has 0 aromatic heterocycles. The molecular formula is C15H18ClNO2S. The molecule has 0 spiro atoms. The highest BCUT2D eigenvalue weighted by Crippen LogP contribution is 2.44. The molecule has 3 rings (SSSR count). The van der Waals surface area contributed by atoms with Gasteiger partial charge in [-0.2, -0.15) is 0 Å². The van der Waals surface area contributed by atoms with Crippen LogP contribution in [0.2, 0.25) is 5.02 Å². The summed E-state index contributed by atoms with van der Waals surface area (Å²) in [7, 11) is -3.36. The smallest absolute Gasteiger partial charge is 0.208 e. The van der Waals surface area contributed by atoms with Crippen LogP contribution >= 0.6 is 11.6 Å². The van der Waals surface area contributed by atoms with Crippen molar-refractivity contribution < 1.29 is 8.42 Å². The van der Waals surface area contributed by atoms with Crippen molar-refractivity contribution >= 4 is 27.7 Å². The number of rotatable bonds is 6. The van der Waals surface area contributed by atoms with Gasteiger partial charge in [-0.3, -0.25) is 0 Å². The molecule has 3 nitrogen and oxygen atoms in total. The zero-order valence-electron chi connectivity index (χ0n) is 11.1. The normalized spacial score (nSPS) is 19.9. The first kappa shape index (κ1) is 14.1. The molecule has 2 aliphatic rings. The molecule has 0 bridgehead atoms. The summed E-state index contributed by atoms with van der Waals surface area (Å²) in [6, 6.07) is 7.24. The average molecular weight is 312 g/mol. The minimum absolute atomic E-state index is 0.148. The third kappa shape index (κ3) is 3.84. The van der Waals surface area contributed by atoms with Crippen LogP contribution in [0.4, 0.5) is 0 Å². The lowest BCUT2D eigenvalue weighted by molar-refractivity contribution is 0.475. The van der Waals surface area contributed by atoms with Crippen molar-refractivity contribution in [3.8, 4) is 0 Å². The van der Waals surface area contributed by atoms with Crippen molar-refractivity contribution in [3.63, 3.8) is 0 Å². The van der Waals surface area contributed by atoms with Crippen molar-refractivity contribution in [2.75, 3.05) is 0 Å². The van der Waals surface area contributed by atoms with Gasteiger partial charge in [0, 0.05) is 16.5 Å². The molecular weight excluding hydrogens is 294 g/mol. The van der Waals surface area contributed by atoms with E-state index >= 15 is 0 Å². The second-order valence-corrected chi connectivity index (χ2v) is 7.75. The Kier molecular flexibility index (Phi) is 3.89. The molecule has 1 aromatic rings. The van der Waals surface area contributed by atoms with Gasteiger partial charge < -0.3 is 0 Å². The molecule has 5 heteroatoms. The molecule has 2 fully saturated rings. The molecule has 0 atom stereocenters. The lowest BCUT2D eigenvalue weighted by Crippen LogP contribution is -2.36. The van der Waals surface area contributed by atoms with Gasteiger partial charge in [-0.25, -0.2) is 13.1 Å². The van der Waals surface area contributed by atoms with Gasteiger partial charge in [-0.05, 0) is 61.3 Å². The summed E-state index contributed by atoms with van der Waals surface area (Å²) in [6.45, 7) is 0. The average Bonchev–Trinajstić information content (AvgIpc) is 3.29. The lowest BCUT2D eigenvalue weighted by atomic mass is 10.1. The van der Waals surface area contributed by atoms with E-state index in [1.807, 2.05) is 0 Å². The van der Waals surface area contributed by atoms with Gasteiger partial charge in [-0.1, -0.05) is 23.7 Å². The molecule has 0 amide bonds. The summed E-state index contributed by atoms with van der Waals surface area (Å²) in [5.74, 6) is 1.11. The van der Waals surface area contributed by atoms with Crippen molar-refractivity contribution in [3.05, 3.63) is 40.3 Å². The largest absolute Gasteiger partial charge is 0.233 e. The van der Waals surface area contributed by atoms with E-state index in [1.165, 1.54) is 5.41 Å². The van der Waals surface area contributed by atoms with Crippen LogP contribution in [0.15, 0.2) is 29.7 Å². The van der Waals surface area contributed by atoms with Crippen LogP contribution in [0.5, 0.6) is 0 Å². The summed E-state index contributed by atoms with van der Waals surface area (Å²) in [5.41, 5.74) is 0.828. The van der Waals surface area contributed by atoms with E-state index in [4.69, 9.17) is 11.6 Å². The Hall–Kier alpha value is -0.840. The van der Waals surface area contributed by atoms with Gasteiger partial charge in [0.05, 0.1) is 0 Å². The summed E-state index contributed by atoms with van der Waals surface area (Å²) >= 11 is 5.80. The third-order valence-electron chi connectivity index (χ3n) is 3.87. The van der Waals surface area contributed by atoms with Gasteiger partial charge >= 0.3 is 0 Å². The first-order valence-electron chi connectivity index (χ1n) is 6.99. The van der Waals surface area contributed by atoms with Crippen LogP contribution in [-0.4, -0.2) is 14.5 Å². The minimum Gasteiger partial charge on any atom is -0.208 e. The SMILES string of the molecule is O=S(=O)(/C=C/c1ccc(Cl)cc1)NC(C1CC1)C1CC1. The van der Waals surface area contributed by atoms with Crippen LogP contribution in [0, 0.1) is 11.8 Å². The van der Waals surface area contributed by atoms with E-state index in [1.54, 1.807) is 30.3 Å². The number of nitrogens with one attached hydrogen (secondary N) is 1. The van der Waals surface area contributed by atoms with Gasteiger partial charge in [0.1, 0.15) is 0 Å². The second kappa shape index (κ2) is 5.51. The van der Waals surface area contributed by atoms with E-state index < -0.39 is 10.0 Å². The Balaban J connectivity index is 1.66. The zero-order chi connectivity index (χ0) is 14.2. The summed E-state index contributed by atoms with van der Waals surface area (Å²) < 4.78 is 27.1. The quantitative estimate of drug-likeness (QED) is 0.875. The predicted molar refractivity (Wildman–Crippen MR) is 81.8 cm³/mol. The maximum absolute atomic E-state index is 12.1. The van der Waals surface area contributed by atoms with Gasteiger partial charge in [0.15, 0.2) is 0 Å². The van der Waals surface area contributed by atoms with Crippen molar-refractivity contribution in [1.29, 1.82) is 0 Å². The number of sulfonamides is 1. The fourth-order valence-electron chi connectivity index (χ4n) is 2.46. The molecule has 0 aliphatic heterocycles. The molecule has 1 aromatic carbocycles. The number of hydrogen-bond acceptors (Lipinski definition) is 2. The first-order chi connectivity index (χ1) is 9.53. The van der Waals surface area contributed by atoms with Crippen LogP contribution in [-0.2, 0) is 10.0 Å². The fraction of sp³-hybridized carbons (Fsp3) is 0.467. The van der Waals surface area contributed by atoms with E-state index in [0.717, 1.165) is 31.2 Å². The summed E-state index contributed by atoms with van der Waals surface area (Å²) in [6.07, 6.45) is 6.24. The number of halogens is 1. The Bertz CT molecular complexity index is 589. The topological polar surface area (TPSA) is 46.2 Å². The Morgan fingerprint density at radius 2 is 1.65 bits per heavy atom. The van der Waals surface area contributed by atoms with Crippen molar-refractivity contribution in [2.24, 2.45) is 11.8 Å². The molecule has 108 valence electrons.